The Morgan fingerprint density at radius 1 is 1.19 bits per heavy atom. The molecule has 1 aromatic rings. The number of para-hydroxylation sites is 1. The molecule has 3 rings (SSSR count). The predicted octanol–water partition coefficient (Wildman–Crippen LogP) is 3.19. The van der Waals surface area contributed by atoms with E-state index in [9.17, 15) is 5.11 Å². The van der Waals surface area contributed by atoms with Crippen LogP contribution in [0.5, 0.6) is 5.75 Å². The zero-order valence-corrected chi connectivity index (χ0v) is 16.0. The van der Waals surface area contributed by atoms with Crippen LogP contribution in [-0.4, -0.2) is 53.9 Å². The topological polar surface area (TPSA) is 57.1 Å². The Morgan fingerprint density at radius 2 is 1.88 bits per heavy atom. The van der Waals surface area contributed by atoms with Crippen LogP contribution in [0.15, 0.2) is 35.3 Å². The van der Waals surface area contributed by atoms with Crippen molar-refractivity contribution in [3.63, 3.8) is 0 Å². The van der Waals surface area contributed by atoms with Gasteiger partial charge < -0.3 is 20.1 Å². The van der Waals surface area contributed by atoms with Crippen LogP contribution in [0.3, 0.4) is 0 Å². The van der Waals surface area contributed by atoms with Crippen LogP contribution < -0.4 is 10.1 Å². The molecule has 0 spiro atoms. The summed E-state index contributed by atoms with van der Waals surface area (Å²) in [6, 6.07) is 10.1. The number of rotatable bonds is 5. The largest absolute Gasteiger partial charge is 0.490 e. The first-order valence-corrected chi connectivity index (χ1v) is 10.2. The minimum Gasteiger partial charge on any atom is -0.490 e. The predicted molar refractivity (Wildman–Crippen MR) is 106 cm³/mol. The minimum absolute atomic E-state index is 0.263. The Morgan fingerprint density at radius 3 is 2.54 bits per heavy atom. The molecule has 5 heteroatoms. The fourth-order valence-corrected chi connectivity index (χ4v) is 3.89. The summed E-state index contributed by atoms with van der Waals surface area (Å²) in [6.45, 7) is 5.31. The maximum Gasteiger partial charge on any atom is 0.194 e. The number of guanidine groups is 1. The lowest BCUT2D eigenvalue weighted by Gasteiger charge is -2.35. The van der Waals surface area contributed by atoms with E-state index in [1.54, 1.807) is 0 Å². The number of piperidine rings is 1. The van der Waals surface area contributed by atoms with Crippen molar-refractivity contribution in [2.24, 2.45) is 4.99 Å². The van der Waals surface area contributed by atoms with Gasteiger partial charge in [-0.2, -0.15) is 0 Å². The summed E-state index contributed by atoms with van der Waals surface area (Å²) in [5.41, 5.74) is -0.604. The molecule has 0 amide bonds. The first-order chi connectivity index (χ1) is 12.7. The summed E-state index contributed by atoms with van der Waals surface area (Å²) >= 11 is 0. The number of nitrogens with one attached hydrogen (secondary N) is 1. The zero-order valence-electron chi connectivity index (χ0n) is 16.0. The molecular formula is C21H33N3O2. The number of aliphatic hydroxyl groups is 1. The zero-order chi connectivity index (χ0) is 18.2. The highest BCUT2D eigenvalue weighted by molar-refractivity contribution is 5.80. The minimum atomic E-state index is -0.604. The van der Waals surface area contributed by atoms with E-state index in [2.05, 4.69) is 17.1 Å². The molecule has 1 saturated carbocycles. The van der Waals surface area contributed by atoms with Gasteiger partial charge in [-0.1, -0.05) is 37.5 Å². The highest BCUT2D eigenvalue weighted by Crippen LogP contribution is 2.28. The van der Waals surface area contributed by atoms with Crippen molar-refractivity contribution >= 4 is 5.96 Å². The molecule has 0 atom stereocenters. The number of benzene rings is 1. The molecule has 1 heterocycles. The first-order valence-electron chi connectivity index (χ1n) is 10.2. The van der Waals surface area contributed by atoms with Crippen LogP contribution in [0, 0.1) is 0 Å². The Labute approximate surface area is 157 Å². The van der Waals surface area contributed by atoms with E-state index in [4.69, 9.17) is 9.73 Å². The Hall–Kier alpha value is -1.75. The van der Waals surface area contributed by atoms with Crippen LogP contribution in [0.25, 0.3) is 0 Å². The molecule has 26 heavy (non-hydrogen) atoms. The van der Waals surface area contributed by atoms with Gasteiger partial charge >= 0.3 is 0 Å². The van der Waals surface area contributed by atoms with Crippen molar-refractivity contribution in [1.82, 2.24) is 10.2 Å². The molecule has 1 aromatic carbocycles. The third-order valence-electron chi connectivity index (χ3n) is 5.43. The second kappa shape index (κ2) is 9.26. The number of nitrogens with zero attached hydrogens (tertiary/aromatic N) is 2. The van der Waals surface area contributed by atoms with Gasteiger partial charge in [0, 0.05) is 32.5 Å². The summed E-state index contributed by atoms with van der Waals surface area (Å²) in [5.74, 6) is 1.88. The Kier molecular flexibility index (Phi) is 6.78. The van der Waals surface area contributed by atoms with Crippen molar-refractivity contribution in [2.45, 2.75) is 63.6 Å². The quantitative estimate of drug-likeness (QED) is 0.626. The van der Waals surface area contributed by atoms with Crippen molar-refractivity contribution in [2.75, 3.05) is 26.2 Å². The highest BCUT2D eigenvalue weighted by atomic mass is 16.5. The van der Waals surface area contributed by atoms with Gasteiger partial charge in [-0.15, -0.1) is 0 Å². The van der Waals surface area contributed by atoms with Gasteiger partial charge in [0.2, 0.25) is 0 Å². The third kappa shape index (κ3) is 5.37. The van der Waals surface area contributed by atoms with E-state index >= 15 is 0 Å². The third-order valence-corrected chi connectivity index (χ3v) is 5.43. The summed E-state index contributed by atoms with van der Waals surface area (Å²) in [4.78, 5) is 7.09. The van der Waals surface area contributed by atoms with Gasteiger partial charge in [-0.25, -0.2) is 0 Å². The van der Waals surface area contributed by atoms with E-state index < -0.39 is 5.60 Å². The van der Waals surface area contributed by atoms with Crippen molar-refractivity contribution in [1.29, 1.82) is 0 Å². The van der Waals surface area contributed by atoms with Crippen molar-refractivity contribution in [3.8, 4) is 5.75 Å². The molecule has 5 nitrogen and oxygen atoms in total. The fourth-order valence-electron chi connectivity index (χ4n) is 3.89. The van der Waals surface area contributed by atoms with E-state index in [0.717, 1.165) is 69.9 Å². The van der Waals surface area contributed by atoms with Crippen LogP contribution in [0.1, 0.15) is 51.9 Å². The number of hydrogen-bond donors (Lipinski definition) is 2. The maximum absolute atomic E-state index is 10.7. The molecule has 0 bridgehead atoms. The lowest BCUT2D eigenvalue weighted by atomic mass is 9.85. The van der Waals surface area contributed by atoms with Crippen LogP contribution >= 0.6 is 0 Å². The van der Waals surface area contributed by atoms with E-state index in [-0.39, 0.29) is 6.10 Å². The van der Waals surface area contributed by atoms with Crippen LogP contribution in [-0.2, 0) is 0 Å². The Balaban J connectivity index is 1.53. The molecule has 2 aliphatic rings. The van der Waals surface area contributed by atoms with E-state index in [1.807, 2.05) is 30.3 Å². The van der Waals surface area contributed by atoms with E-state index in [0.29, 0.717) is 6.54 Å². The highest BCUT2D eigenvalue weighted by Gasteiger charge is 2.30. The summed E-state index contributed by atoms with van der Waals surface area (Å²) in [5, 5.41) is 14.1. The maximum atomic E-state index is 10.7. The number of likely N-dealkylation sites (tertiary alicyclic amines) is 1. The lowest BCUT2D eigenvalue weighted by molar-refractivity contribution is 0.0128. The van der Waals surface area contributed by atoms with E-state index in [1.165, 1.54) is 6.42 Å². The molecule has 1 saturated heterocycles. The van der Waals surface area contributed by atoms with Gasteiger partial charge in [-0.05, 0) is 31.9 Å². The molecule has 1 aliphatic carbocycles. The standard InChI is InChI=1S/C21H33N3O2/c1-2-22-20(23-17-21(25)13-7-4-8-14-21)24-15-11-19(12-16-24)26-18-9-5-3-6-10-18/h3,5-6,9-10,19,25H,2,4,7-8,11-17H2,1H3,(H,22,23). The second-order valence-corrected chi connectivity index (χ2v) is 7.57. The Bertz CT molecular complexity index is 562. The molecule has 2 N–H and O–H groups in total. The number of hydrogen-bond acceptors (Lipinski definition) is 3. The normalized spacial score (nSPS) is 21.5. The summed E-state index contributed by atoms with van der Waals surface area (Å²) in [6.07, 6.45) is 7.47. The SMILES string of the molecule is CCNC(=NCC1(O)CCCCC1)N1CCC(Oc2ccccc2)CC1. The first kappa shape index (κ1) is 19.0. The second-order valence-electron chi connectivity index (χ2n) is 7.57. The number of aliphatic imine (C=N–C) groups is 1. The molecule has 0 radical (unpaired) electrons. The van der Waals surface area contributed by atoms with Gasteiger partial charge in [0.05, 0.1) is 12.1 Å². The van der Waals surface area contributed by atoms with Gasteiger partial charge in [-0.3, -0.25) is 4.99 Å². The monoisotopic (exact) mass is 359 g/mol. The summed E-state index contributed by atoms with van der Waals surface area (Å²) < 4.78 is 6.09. The molecular weight excluding hydrogens is 326 g/mol. The smallest absolute Gasteiger partial charge is 0.194 e. The molecule has 2 fully saturated rings. The van der Waals surface area contributed by atoms with Gasteiger partial charge in [0.1, 0.15) is 11.9 Å². The van der Waals surface area contributed by atoms with Crippen molar-refractivity contribution in [3.05, 3.63) is 30.3 Å². The van der Waals surface area contributed by atoms with Gasteiger partial charge in [0.25, 0.3) is 0 Å². The average Bonchev–Trinajstić information content (AvgIpc) is 2.67. The fraction of sp³-hybridized carbons (Fsp3) is 0.667. The number of ether oxygens (including phenoxy) is 1. The lowest BCUT2D eigenvalue weighted by Crippen LogP contribution is -2.48. The molecule has 144 valence electrons. The molecule has 1 aliphatic heterocycles. The average molecular weight is 360 g/mol. The van der Waals surface area contributed by atoms with Crippen LogP contribution in [0.4, 0.5) is 0 Å². The van der Waals surface area contributed by atoms with Gasteiger partial charge in [0.15, 0.2) is 5.96 Å². The van der Waals surface area contributed by atoms with Crippen molar-refractivity contribution < 1.29 is 9.84 Å². The molecule has 0 unspecified atom stereocenters. The van der Waals surface area contributed by atoms with Crippen LogP contribution in [0.2, 0.25) is 0 Å². The molecule has 0 aromatic heterocycles. The summed E-state index contributed by atoms with van der Waals surface area (Å²) in [7, 11) is 0.